The number of hydrogen-bond donors (Lipinski definition) is 1. The Morgan fingerprint density at radius 1 is 1.12 bits per heavy atom. The average molecular weight is 324 g/mol. The highest BCUT2D eigenvalue weighted by Gasteiger charge is 2.17. The third kappa shape index (κ3) is 4.10. The Morgan fingerprint density at radius 3 is 2.54 bits per heavy atom. The summed E-state index contributed by atoms with van der Waals surface area (Å²) in [5.74, 6) is 0.546. The Hall–Kier alpha value is -2.43. The summed E-state index contributed by atoms with van der Waals surface area (Å²) in [5.41, 5.74) is 3.75. The summed E-state index contributed by atoms with van der Waals surface area (Å²) in [6.45, 7) is 6.52. The van der Waals surface area contributed by atoms with E-state index in [1.54, 1.807) is 6.07 Å². The van der Waals surface area contributed by atoms with E-state index >= 15 is 0 Å². The molecule has 24 heavy (non-hydrogen) atoms. The van der Waals surface area contributed by atoms with Crippen LogP contribution in [-0.2, 0) is 6.42 Å². The Bertz CT molecular complexity index is 706. The second-order valence-electron chi connectivity index (χ2n) is 6.38. The zero-order chi connectivity index (χ0) is 16.9. The quantitative estimate of drug-likeness (QED) is 0.918. The number of hydrogen-bond acceptors (Lipinski definition) is 4. The number of nitrogens with one attached hydrogen (secondary N) is 1. The second kappa shape index (κ2) is 7.43. The van der Waals surface area contributed by atoms with Crippen LogP contribution in [0.4, 0.5) is 5.95 Å². The fourth-order valence-electron chi connectivity index (χ4n) is 2.89. The third-order valence-corrected chi connectivity index (χ3v) is 4.28. The number of amides is 1. The zero-order valence-corrected chi connectivity index (χ0v) is 14.4. The van der Waals surface area contributed by atoms with Crippen LogP contribution < -0.4 is 10.2 Å². The first kappa shape index (κ1) is 16.4. The lowest BCUT2D eigenvalue weighted by molar-refractivity contribution is 0.0949. The fourth-order valence-corrected chi connectivity index (χ4v) is 2.89. The number of carbonyl (C=O) groups excluding carboxylic acids is 1. The van der Waals surface area contributed by atoms with Crippen LogP contribution in [0.1, 0.15) is 40.2 Å². The van der Waals surface area contributed by atoms with E-state index in [4.69, 9.17) is 0 Å². The normalized spacial score (nSPS) is 14.0. The maximum atomic E-state index is 12.4. The topological polar surface area (TPSA) is 58.1 Å². The standard InChI is InChI=1S/C19H24N4O/c1-14-5-7-16(8-6-14)9-10-20-18(24)17-13-15(2)21-19(22-17)23-11-3-4-12-23/h5-8,13H,3-4,9-12H2,1-2H3,(H,20,24). The van der Waals surface area contributed by atoms with Crippen LogP contribution >= 0.6 is 0 Å². The van der Waals surface area contributed by atoms with Crippen LogP contribution in [0, 0.1) is 13.8 Å². The van der Waals surface area contributed by atoms with Crippen LogP contribution in [-0.4, -0.2) is 35.5 Å². The molecule has 2 aromatic rings. The molecule has 1 N–H and O–H groups in total. The highest BCUT2D eigenvalue weighted by atomic mass is 16.1. The Morgan fingerprint density at radius 2 is 1.83 bits per heavy atom. The molecular weight excluding hydrogens is 300 g/mol. The minimum atomic E-state index is -0.131. The molecule has 5 heteroatoms. The molecule has 0 radical (unpaired) electrons. The van der Waals surface area contributed by atoms with Gasteiger partial charge < -0.3 is 10.2 Å². The third-order valence-electron chi connectivity index (χ3n) is 4.28. The molecule has 1 aliphatic heterocycles. The SMILES string of the molecule is Cc1ccc(CCNC(=O)c2cc(C)nc(N3CCCC3)n2)cc1. The summed E-state index contributed by atoms with van der Waals surface area (Å²) in [4.78, 5) is 23.5. The molecule has 0 atom stereocenters. The maximum Gasteiger partial charge on any atom is 0.270 e. The molecule has 0 spiro atoms. The summed E-state index contributed by atoms with van der Waals surface area (Å²) < 4.78 is 0. The van der Waals surface area contributed by atoms with Gasteiger partial charge in [0.05, 0.1) is 0 Å². The number of aromatic nitrogens is 2. The smallest absolute Gasteiger partial charge is 0.270 e. The van der Waals surface area contributed by atoms with Crippen molar-refractivity contribution in [1.29, 1.82) is 0 Å². The molecule has 5 nitrogen and oxygen atoms in total. The molecule has 1 aromatic heterocycles. The van der Waals surface area contributed by atoms with Gasteiger partial charge in [-0.1, -0.05) is 29.8 Å². The van der Waals surface area contributed by atoms with Gasteiger partial charge in [-0.05, 0) is 44.7 Å². The Labute approximate surface area is 143 Å². The van der Waals surface area contributed by atoms with E-state index in [2.05, 4.69) is 51.4 Å². The van der Waals surface area contributed by atoms with Crippen molar-refractivity contribution < 1.29 is 4.79 Å². The van der Waals surface area contributed by atoms with Crippen molar-refractivity contribution in [2.24, 2.45) is 0 Å². The van der Waals surface area contributed by atoms with E-state index in [1.807, 2.05) is 6.92 Å². The summed E-state index contributed by atoms with van der Waals surface area (Å²) in [6, 6.07) is 10.1. The van der Waals surface area contributed by atoms with Crippen LogP contribution in [0.2, 0.25) is 0 Å². The first-order valence-electron chi connectivity index (χ1n) is 8.56. The van der Waals surface area contributed by atoms with Crippen molar-refractivity contribution in [3.8, 4) is 0 Å². The van der Waals surface area contributed by atoms with Gasteiger partial charge in [-0.3, -0.25) is 4.79 Å². The van der Waals surface area contributed by atoms with E-state index in [1.165, 1.54) is 11.1 Å². The van der Waals surface area contributed by atoms with Crippen molar-refractivity contribution in [1.82, 2.24) is 15.3 Å². The fraction of sp³-hybridized carbons (Fsp3) is 0.421. The minimum absolute atomic E-state index is 0.131. The highest BCUT2D eigenvalue weighted by Crippen LogP contribution is 2.16. The largest absolute Gasteiger partial charge is 0.350 e. The van der Waals surface area contributed by atoms with Gasteiger partial charge in [-0.2, -0.15) is 0 Å². The lowest BCUT2D eigenvalue weighted by atomic mass is 10.1. The molecule has 1 aromatic carbocycles. The average Bonchev–Trinajstić information content (AvgIpc) is 3.10. The van der Waals surface area contributed by atoms with Crippen molar-refractivity contribution in [2.45, 2.75) is 33.1 Å². The molecule has 0 saturated carbocycles. The number of aryl methyl sites for hydroxylation is 2. The Balaban J connectivity index is 1.60. The lowest BCUT2D eigenvalue weighted by Gasteiger charge is -2.16. The van der Waals surface area contributed by atoms with E-state index in [-0.39, 0.29) is 5.91 Å². The number of anilines is 1. The van der Waals surface area contributed by atoms with E-state index < -0.39 is 0 Å². The molecule has 0 unspecified atom stereocenters. The van der Waals surface area contributed by atoms with Crippen LogP contribution in [0.15, 0.2) is 30.3 Å². The minimum Gasteiger partial charge on any atom is -0.350 e. The van der Waals surface area contributed by atoms with Gasteiger partial charge >= 0.3 is 0 Å². The van der Waals surface area contributed by atoms with E-state index in [9.17, 15) is 4.79 Å². The van der Waals surface area contributed by atoms with E-state index in [0.717, 1.165) is 38.0 Å². The molecule has 2 heterocycles. The molecule has 1 fully saturated rings. The number of nitrogens with zero attached hydrogens (tertiary/aromatic N) is 3. The lowest BCUT2D eigenvalue weighted by Crippen LogP contribution is -2.28. The molecule has 1 aliphatic rings. The van der Waals surface area contributed by atoms with Gasteiger partial charge in [0.2, 0.25) is 5.95 Å². The maximum absolute atomic E-state index is 12.4. The molecule has 1 saturated heterocycles. The molecule has 0 aliphatic carbocycles. The zero-order valence-electron chi connectivity index (χ0n) is 14.4. The van der Waals surface area contributed by atoms with Gasteiger partial charge in [0.1, 0.15) is 5.69 Å². The highest BCUT2D eigenvalue weighted by molar-refractivity contribution is 5.92. The molecular formula is C19H24N4O. The van der Waals surface area contributed by atoms with Gasteiger partial charge in [-0.15, -0.1) is 0 Å². The van der Waals surface area contributed by atoms with Gasteiger partial charge in [-0.25, -0.2) is 9.97 Å². The summed E-state index contributed by atoms with van der Waals surface area (Å²) in [6.07, 6.45) is 3.14. The predicted octanol–water partition coefficient (Wildman–Crippen LogP) is 2.67. The molecule has 1 amide bonds. The predicted molar refractivity (Wildman–Crippen MR) is 95.4 cm³/mol. The number of benzene rings is 1. The van der Waals surface area contributed by atoms with Gasteiger partial charge in [0.15, 0.2) is 0 Å². The first-order chi connectivity index (χ1) is 11.6. The van der Waals surface area contributed by atoms with Crippen molar-refractivity contribution in [2.75, 3.05) is 24.5 Å². The van der Waals surface area contributed by atoms with Crippen molar-refractivity contribution in [3.63, 3.8) is 0 Å². The monoisotopic (exact) mass is 324 g/mol. The molecule has 3 rings (SSSR count). The number of rotatable bonds is 5. The second-order valence-corrected chi connectivity index (χ2v) is 6.38. The summed E-state index contributed by atoms with van der Waals surface area (Å²) >= 11 is 0. The number of carbonyl (C=O) groups is 1. The van der Waals surface area contributed by atoms with Crippen molar-refractivity contribution in [3.05, 3.63) is 52.8 Å². The van der Waals surface area contributed by atoms with Crippen molar-refractivity contribution >= 4 is 11.9 Å². The van der Waals surface area contributed by atoms with Crippen LogP contribution in [0.25, 0.3) is 0 Å². The van der Waals surface area contributed by atoms with Crippen LogP contribution in [0.3, 0.4) is 0 Å². The molecule has 126 valence electrons. The first-order valence-corrected chi connectivity index (χ1v) is 8.56. The van der Waals surface area contributed by atoms with Gasteiger partial charge in [0, 0.05) is 25.3 Å². The van der Waals surface area contributed by atoms with Gasteiger partial charge in [0.25, 0.3) is 5.91 Å². The van der Waals surface area contributed by atoms with E-state index in [0.29, 0.717) is 18.2 Å². The Kier molecular flexibility index (Phi) is 5.08. The molecule has 0 bridgehead atoms. The summed E-state index contributed by atoms with van der Waals surface area (Å²) in [5, 5.41) is 2.96. The van der Waals surface area contributed by atoms with Crippen LogP contribution in [0.5, 0.6) is 0 Å². The summed E-state index contributed by atoms with van der Waals surface area (Å²) in [7, 11) is 0.